The van der Waals surface area contributed by atoms with Gasteiger partial charge in [0.15, 0.2) is 23.8 Å². The summed E-state index contributed by atoms with van der Waals surface area (Å²) in [6, 6.07) is -7.73. The van der Waals surface area contributed by atoms with E-state index in [4.69, 9.17) is 57.3 Å². The Hall–Kier alpha value is -9.72. The third-order valence-corrected chi connectivity index (χ3v) is 14.1. The number of carbonyl (C=O) groups is 11. The molecule has 10 amide bonds. The van der Waals surface area contributed by atoms with Crippen molar-refractivity contribution < 1.29 is 63.0 Å². The molecule has 38 heteroatoms. The van der Waals surface area contributed by atoms with Gasteiger partial charge in [0.25, 0.3) is 0 Å². The highest BCUT2D eigenvalue weighted by Gasteiger charge is 2.36. The second-order valence-corrected chi connectivity index (χ2v) is 21.9. The molecule has 0 unspecified atom stereocenters. The molecule has 0 spiro atoms. The molecule has 2 aromatic rings. The van der Waals surface area contributed by atoms with Crippen LogP contribution in [0.5, 0.6) is 0 Å². The Balaban J connectivity index is 2.50. The largest absolute Gasteiger partial charge is 0.480 e. The van der Waals surface area contributed by atoms with Gasteiger partial charge in [0.2, 0.25) is 59.1 Å². The number of carbonyl (C=O) groups excluding carboxylic acids is 10. The highest BCUT2D eigenvalue weighted by Crippen LogP contribution is 2.20. The van der Waals surface area contributed by atoms with Crippen LogP contribution in [-0.2, 0) is 59.2 Å². The number of carboxylic acid groups (broad SMARTS) is 1. The number of nitrogens with zero attached hydrogens (tertiary/aromatic N) is 4. The lowest BCUT2D eigenvalue weighted by molar-refractivity contribution is -0.141. The number of hydrogen-bond acceptors (Lipinski definition) is 18. The van der Waals surface area contributed by atoms with E-state index in [0.717, 1.165) is 0 Å². The van der Waals surface area contributed by atoms with Gasteiger partial charge in [0, 0.05) is 61.9 Å². The van der Waals surface area contributed by atoms with Gasteiger partial charge in [-0.1, -0.05) is 32.0 Å². The van der Waals surface area contributed by atoms with Gasteiger partial charge in [-0.15, -0.1) is 0 Å². The van der Waals surface area contributed by atoms with Crippen LogP contribution >= 0.6 is 12.6 Å². The first-order chi connectivity index (χ1) is 43.4. The van der Waals surface area contributed by atoms with Crippen LogP contribution in [0.1, 0.15) is 90.5 Å². The molecule has 92 heavy (non-hydrogen) atoms. The zero-order valence-electron chi connectivity index (χ0n) is 51.7. The Morgan fingerprint density at radius 2 is 0.870 bits per heavy atom. The third-order valence-electron chi connectivity index (χ3n) is 13.7. The molecule has 0 saturated heterocycles. The van der Waals surface area contributed by atoms with Crippen molar-refractivity contribution in [2.45, 2.75) is 152 Å². The van der Waals surface area contributed by atoms with Gasteiger partial charge in [-0.25, -0.2) is 0 Å². The monoisotopic (exact) mass is 1320 g/mol. The van der Waals surface area contributed by atoms with Crippen LogP contribution in [0.4, 0.5) is 0 Å². The van der Waals surface area contributed by atoms with Crippen LogP contribution in [0.25, 0.3) is 10.9 Å². The Morgan fingerprint density at radius 1 is 0.489 bits per heavy atom. The topological polar surface area (TPSA) is 662 Å². The normalized spacial score (nSPS) is 14.2. The Morgan fingerprint density at radius 3 is 1.30 bits per heavy atom. The molecular formula is C54H92N24O13S. The molecule has 32 N–H and O–H groups in total. The van der Waals surface area contributed by atoms with E-state index in [2.05, 4.69) is 85.4 Å². The van der Waals surface area contributed by atoms with Crippen molar-refractivity contribution in [2.24, 2.45) is 83.2 Å². The fourth-order valence-electron chi connectivity index (χ4n) is 8.71. The standard InChI is InChI=1S/C54H92N24O13S/c1-26(2)40(49(89)74-35(16-17-39(56)80)45(85)75-36(22-28-23-69-31-12-5-4-10-29(28)31)46(86)77-38(25-92)48(88)70-27(3)50(90)91)78-47(87)37(24-79)76-44(84)34(15-9-21-68-54(63)64)73-43(83)33(14-8-20-67-53(61)62)72-42(82)32(13-7-19-66-52(59)60)71-41(81)30(55)11-6-18-65-51(57)58/h4-5,10,12,23,26-27,30,32-38,40,69,79,92H,6-9,11,13-22,24-25,55H2,1-3H3,(H2,56,80)(H,70,88)(H,71,81)(H,72,82)(H,73,83)(H,74,89)(H,75,85)(H,76,84)(H,77,86)(H,78,87)(H,90,91)(H4,57,58,65)(H4,59,60,66)(H4,61,62,67)(H4,63,64,68)/t27-,30-,32-,33-,34-,35-,36-,37-,38-,40-/m0/s1. The van der Waals surface area contributed by atoms with Crippen molar-refractivity contribution >= 4 is 112 Å². The van der Waals surface area contributed by atoms with Gasteiger partial charge in [-0.2, -0.15) is 12.6 Å². The summed E-state index contributed by atoms with van der Waals surface area (Å²) in [6.07, 6.45) is 0.706. The number of nitrogens with one attached hydrogen (secondary N) is 10. The molecule has 0 aliphatic rings. The predicted molar refractivity (Wildman–Crippen MR) is 345 cm³/mol. The summed E-state index contributed by atoms with van der Waals surface area (Å²) in [6.45, 7) is 3.26. The molecule has 0 radical (unpaired) electrons. The molecule has 2 rings (SSSR count). The molecule has 1 aromatic heterocycles. The van der Waals surface area contributed by atoms with E-state index in [-0.39, 0.29) is 107 Å². The Bertz CT molecular complexity index is 2950. The SMILES string of the molecule is CC(C)[C@H](NC(=O)[C@H](CO)NC(=O)[C@H](CCCN=C(N)N)NC(=O)[C@H](CCCN=C(N)N)NC(=O)[C@H](CCCN=C(N)N)NC(=O)[C@@H](N)CCCN=C(N)N)C(=O)N[C@@H](CCC(N)=O)C(=O)N[C@@H](Cc1c[nH]c2ccccc12)C(=O)N[C@@H](CS)C(=O)N[C@@H](C)C(=O)O. The van der Waals surface area contributed by atoms with E-state index in [1.807, 2.05) is 0 Å². The molecule has 0 fully saturated rings. The number of nitrogens with two attached hydrogens (primary N) is 10. The smallest absolute Gasteiger partial charge is 0.325 e. The highest BCUT2D eigenvalue weighted by atomic mass is 32.1. The number of thiol groups is 1. The molecule has 1 heterocycles. The molecule has 0 saturated carbocycles. The van der Waals surface area contributed by atoms with Crippen LogP contribution in [0.15, 0.2) is 50.4 Å². The van der Waals surface area contributed by atoms with Gasteiger partial charge in [0.1, 0.15) is 54.4 Å². The van der Waals surface area contributed by atoms with E-state index in [9.17, 15) is 63.0 Å². The summed E-state index contributed by atoms with van der Waals surface area (Å²) >= 11 is 4.16. The first-order valence-electron chi connectivity index (χ1n) is 29.4. The van der Waals surface area contributed by atoms with Gasteiger partial charge < -0.3 is 120 Å². The van der Waals surface area contributed by atoms with Crippen LogP contribution in [-0.4, -0.2) is 203 Å². The number of aliphatic carboxylic acids is 1. The number of rotatable bonds is 43. The highest BCUT2D eigenvalue weighted by molar-refractivity contribution is 7.80. The number of H-pyrrole nitrogens is 1. The zero-order chi connectivity index (χ0) is 69.2. The molecular weight excluding hydrogens is 1220 g/mol. The number of aliphatic imine (C=N–C) groups is 4. The average molecular weight is 1320 g/mol. The average Bonchev–Trinajstić information content (AvgIpc) is 1.64. The zero-order valence-corrected chi connectivity index (χ0v) is 52.5. The second-order valence-electron chi connectivity index (χ2n) is 21.6. The number of fused-ring (bicyclic) bond motifs is 1. The van der Waals surface area contributed by atoms with Crippen LogP contribution in [0, 0.1) is 5.92 Å². The molecule has 512 valence electrons. The number of aliphatic hydroxyl groups excluding tert-OH is 1. The van der Waals surface area contributed by atoms with Crippen molar-refractivity contribution in [3.63, 3.8) is 0 Å². The number of hydrogen-bond donors (Lipinski definition) is 23. The maximum Gasteiger partial charge on any atom is 0.325 e. The fourth-order valence-corrected chi connectivity index (χ4v) is 8.96. The van der Waals surface area contributed by atoms with Gasteiger partial charge in [-0.3, -0.25) is 72.7 Å². The number of guanidine groups is 4. The summed E-state index contributed by atoms with van der Waals surface area (Å²) in [4.78, 5) is 168. The van der Waals surface area contributed by atoms with E-state index in [1.165, 1.54) is 20.8 Å². The number of amides is 10. The van der Waals surface area contributed by atoms with Crippen molar-refractivity contribution in [1.82, 2.24) is 52.8 Å². The number of aromatic nitrogens is 1. The van der Waals surface area contributed by atoms with E-state index >= 15 is 0 Å². The quantitative estimate of drug-likeness (QED) is 0.0127. The Kier molecular flexibility index (Phi) is 34.8. The van der Waals surface area contributed by atoms with E-state index in [0.29, 0.717) is 22.9 Å². The van der Waals surface area contributed by atoms with E-state index < -0.39 is 151 Å². The summed E-state index contributed by atoms with van der Waals surface area (Å²) in [5.74, 6) is -12.9. The van der Waals surface area contributed by atoms with Crippen LogP contribution < -0.4 is 105 Å². The number of para-hydroxylation sites is 1. The second kappa shape index (κ2) is 40.8. The number of aromatic amines is 1. The molecule has 0 aliphatic carbocycles. The number of aliphatic hydroxyl groups is 1. The fraction of sp³-hybridized carbons (Fsp3) is 0.574. The predicted octanol–water partition coefficient (Wildman–Crippen LogP) is -8.44. The summed E-state index contributed by atoms with van der Waals surface area (Å²) in [5, 5.41) is 43.0. The summed E-state index contributed by atoms with van der Waals surface area (Å²) < 4.78 is 0. The first kappa shape index (κ1) is 78.4. The van der Waals surface area contributed by atoms with Crippen molar-refractivity contribution in [3.05, 3.63) is 36.0 Å². The minimum absolute atomic E-state index is 0.0213. The summed E-state index contributed by atoms with van der Waals surface area (Å²) in [7, 11) is 0. The minimum atomic E-state index is -1.83. The maximum absolute atomic E-state index is 14.4. The summed E-state index contributed by atoms with van der Waals surface area (Å²) in [5.41, 5.74) is 56.6. The lowest BCUT2D eigenvalue weighted by Crippen LogP contribution is -2.62. The van der Waals surface area contributed by atoms with Gasteiger partial charge >= 0.3 is 5.97 Å². The molecule has 10 atom stereocenters. The first-order valence-corrected chi connectivity index (χ1v) is 30.0. The lowest BCUT2D eigenvalue weighted by atomic mass is 10.0. The number of benzene rings is 1. The van der Waals surface area contributed by atoms with E-state index in [1.54, 1.807) is 30.5 Å². The molecule has 0 aliphatic heterocycles. The minimum Gasteiger partial charge on any atom is -0.480 e. The van der Waals surface area contributed by atoms with Crippen molar-refractivity contribution in [2.75, 3.05) is 38.5 Å². The molecule has 37 nitrogen and oxygen atoms in total. The number of carboxylic acids is 1. The van der Waals surface area contributed by atoms with Crippen LogP contribution in [0.3, 0.4) is 0 Å². The lowest BCUT2D eigenvalue weighted by Gasteiger charge is -2.29. The maximum atomic E-state index is 14.4. The van der Waals surface area contributed by atoms with Crippen LogP contribution in [0.2, 0.25) is 0 Å². The van der Waals surface area contributed by atoms with Crippen molar-refractivity contribution in [1.29, 1.82) is 0 Å². The molecule has 1 aromatic carbocycles. The third kappa shape index (κ3) is 29.3. The van der Waals surface area contributed by atoms with Gasteiger partial charge in [0.05, 0.1) is 12.6 Å². The molecule has 0 bridgehead atoms. The van der Waals surface area contributed by atoms with Gasteiger partial charge in [-0.05, 0) is 82.3 Å². The Labute approximate surface area is 536 Å². The number of primary amides is 1. The van der Waals surface area contributed by atoms with Crippen molar-refractivity contribution in [3.8, 4) is 0 Å².